The number of aryl methyl sites for hydroxylation is 2. The average Bonchev–Trinajstić information content (AvgIpc) is 2.57. The zero-order valence-corrected chi connectivity index (χ0v) is 11.0. The number of fused-ring (bicyclic) bond motifs is 2. The molecule has 19 heavy (non-hydrogen) atoms. The summed E-state index contributed by atoms with van der Waals surface area (Å²) in [6.07, 6.45) is 3.83. The second-order valence-corrected chi connectivity index (χ2v) is 4.98. The van der Waals surface area contributed by atoms with Crippen LogP contribution in [0.25, 0.3) is 5.57 Å². The minimum absolute atomic E-state index is 0.0986. The fourth-order valence-corrected chi connectivity index (χ4v) is 2.78. The normalized spacial score (nSPS) is 13.2. The maximum Gasteiger partial charge on any atom is 0.153 e. The summed E-state index contributed by atoms with van der Waals surface area (Å²) in [4.78, 5) is 11.6. The maximum absolute atomic E-state index is 11.6. The van der Waals surface area contributed by atoms with Crippen LogP contribution in [0.15, 0.2) is 54.6 Å². The Morgan fingerprint density at radius 2 is 1.37 bits per heavy atom. The summed E-state index contributed by atoms with van der Waals surface area (Å²) in [5.74, 6) is 0.0986. The van der Waals surface area contributed by atoms with Gasteiger partial charge in [-0.2, -0.15) is 0 Å². The molecule has 0 fully saturated rings. The minimum Gasteiger partial charge on any atom is -0.295 e. The van der Waals surface area contributed by atoms with Crippen molar-refractivity contribution in [2.45, 2.75) is 19.8 Å². The molecular formula is C18H16O. The molecule has 0 radical (unpaired) electrons. The molecule has 0 aromatic heterocycles. The van der Waals surface area contributed by atoms with Crippen LogP contribution in [0.5, 0.6) is 0 Å². The van der Waals surface area contributed by atoms with Gasteiger partial charge in [0.2, 0.25) is 0 Å². The first kappa shape index (κ1) is 11.9. The molecule has 0 spiro atoms. The molecule has 0 saturated carbocycles. The van der Waals surface area contributed by atoms with Crippen molar-refractivity contribution >= 4 is 11.4 Å². The molecule has 0 saturated heterocycles. The Labute approximate surface area is 113 Å². The molecule has 1 nitrogen and oxygen atoms in total. The predicted molar refractivity (Wildman–Crippen MR) is 78.1 cm³/mol. The van der Waals surface area contributed by atoms with Crippen molar-refractivity contribution in [3.8, 4) is 0 Å². The highest BCUT2D eigenvalue weighted by atomic mass is 16.1. The van der Waals surface area contributed by atoms with Gasteiger partial charge in [0.15, 0.2) is 5.78 Å². The average molecular weight is 248 g/mol. The van der Waals surface area contributed by atoms with Gasteiger partial charge in [-0.3, -0.25) is 4.79 Å². The lowest BCUT2D eigenvalue weighted by Gasteiger charge is -2.11. The molecule has 0 N–H and O–H groups in total. The molecule has 94 valence electrons. The molecule has 2 aromatic rings. The van der Waals surface area contributed by atoms with Crippen molar-refractivity contribution in [2.75, 3.05) is 0 Å². The Balaban J connectivity index is 2.28. The summed E-state index contributed by atoms with van der Waals surface area (Å²) in [5, 5.41) is 0. The molecule has 0 bridgehead atoms. The summed E-state index contributed by atoms with van der Waals surface area (Å²) in [6.45, 7) is 1.61. The molecule has 0 heterocycles. The second kappa shape index (κ2) is 4.85. The van der Waals surface area contributed by atoms with Gasteiger partial charge in [-0.1, -0.05) is 48.5 Å². The number of ketones is 1. The lowest BCUT2D eigenvalue weighted by molar-refractivity contribution is -0.112. The van der Waals surface area contributed by atoms with Crippen LogP contribution < -0.4 is 0 Å². The van der Waals surface area contributed by atoms with E-state index in [1.54, 1.807) is 13.0 Å². The molecule has 3 rings (SSSR count). The van der Waals surface area contributed by atoms with Crippen LogP contribution in [-0.2, 0) is 17.6 Å². The highest BCUT2D eigenvalue weighted by molar-refractivity contribution is 6.00. The third-order valence-electron chi connectivity index (χ3n) is 3.63. The summed E-state index contributed by atoms with van der Waals surface area (Å²) in [7, 11) is 0. The van der Waals surface area contributed by atoms with E-state index >= 15 is 0 Å². The van der Waals surface area contributed by atoms with Crippen molar-refractivity contribution in [3.63, 3.8) is 0 Å². The van der Waals surface area contributed by atoms with Gasteiger partial charge < -0.3 is 0 Å². The molecule has 0 aliphatic heterocycles. The van der Waals surface area contributed by atoms with Gasteiger partial charge in [0.25, 0.3) is 0 Å². The van der Waals surface area contributed by atoms with Crippen LogP contribution in [0.4, 0.5) is 0 Å². The number of rotatable bonds is 1. The summed E-state index contributed by atoms with van der Waals surface area (Å²) in [6, 6.07) is 16.8. The van der Waals surface area contributed by atoms with Crippen molar-refractivity contribution in [2.24, 2.45) is 0 Å². The Kier molecular flexibility index (Phi) is 3.04. The Morgan fingerprint density at radius 1 is 0.895 bits per heavy atom. The van der Waals surface area contributed by atoms with Gasteiger partial charge in [-0.25, -0.2) is 0 Å². The molecule has 1 aliphatic rings. The Bertz CT molecular complexity index is 615. The monoisotopic (exact) mass is 248 g/mol. The second-order valence-electron chi connectivity index (χ2n) is 4.98. The first-order valence-electron chi connectivity index (χ1n) is 6.64. The largest absolute Gasteiger partial charge is 0.295 e. The fraction of sp³-hybridized carbons (Fsp3) is 0.167. The lowest BCUT2D eigenvalue weighted by atomic mass is 9.93. The van der Waals surface area contributed by atoms with Crippen LogP contribution in [0, 0.1) is 0 Å². The van der Waals surface area contributed by atoms with E-state index in [2.05, 4.69) is 36.4 Å². The fourth-order valence-electron chi connectivity index (χ4n) is 2.78. The molecular weight excluding hydrogens is 232 g/mol. The van der Waals surface area contributed by atoms with E-state index in [0.29, 0.717) is 0 Å². The van der Waals surface area contributed by atoms with E-state index < -0.39 is 0 Å². The van der Waals surface area contributed by atoms with Gasteiger partial charge in [-0.05, 0) is 53.7 Å². The summed E-state index contributed by atoms with van der Waals surface area (Å²) < 4.78 is 0. The van der Waals surface area contributed by atoms with Crippen LogP contribution in [0.2, 0.25) is 0 Å². The Morgan fingerprint density at radius 3 is 1.84 bits per heavy atom. The highest BCUT2D eigenvalue weighted by Crippen LogP contribution is 2.33. The van der Waals surface area contributed by atoms with Gasteiger partial charge >= 0.3 is 0 Å². The highest BCUT2D eigenvalue weighted by Gasteiger charge is 2.17. The van der Waals surface area contributed by atoms with Gasteiger partial charge in [0, 0.05) is 0 Å². The third kappa shape index (κ3) is 2.24. The zero-order chi connectivity index (χ0) is 13.2. The first-order chi connectivity index (χ1) is 9.25. The van der Waals surface area contributed by atoms with E-state index in [0.717, 1.165) is 18.4 Å². The standard InChI is InChI=1S/C18H16O/c1-13(19)12-18-16-8-4-2-6-14(16)10-11-15-7-3-5-9-17(15)18/h2-9,12H,10-11H2,1H3. The lowest BCUT2D eigenvalue weighted by Crippen LogP contribution is -1.95. The van der Waals surface area contributed by atoms with E-state index in [1.165, 1.54) is 22.3 Å². The van der Waals surface area contributed by atoms with Crippen LogP contribution in [0.3, 0.4) is 0 Å². The molecule has 1 aliphatic carbocycles. The van der Waals surface area contributed by atoms with Gasteiger partial charge in [0.1, 0.15) is 0 Å². The molecule has 2 aromatic carbocycles. The minimum atomic E-state index is 0.0986. The Hall–Kier alpha value is -2.15. The van der Waals surface area contributed by atoms with Crippen molar-refractivity contribution in [1.29, 1.82) is 0 Å². The molecule has 0 atom stereocenters. The quantitative estimate of drug-likeness (QED) is 0.701. The SMILES string of the molecule is CC(=O)C=C1c2ccccc2CCc2ccccc21. The van der Waals surface area contributed by atoms with E-state index in [4.69, 9.17) is 0 Å². The van der Waals surface area contributed by atoms with Gasteiger partial charge in [0.05, 0.1) is 0 Å². The number of hydrogen-bond acceptors (Lipinski definition) is 1. The number of benzene rings is 2. The topological polar surface area (TPSA) is 17.1 Å². The smallest absolute Gasteiger partial charge is 0.153 e. The zero-order valence-electron chi connectivity index (χ0n) is 11.0. The summed E-state index contributed by atoms with van der Waals surface area (Å²) in [5.41, 5.74) is 6.11. The maximum atomic E-state index is 11.6. The van der Waals surface area contributed by atoms with Crippen LogP contribution in [0.1, 0.15) is 29.2 Å². The van der Waals surface area contributed by atoms with Crippen molar-refractivity contribution < 1.29 is 4.79 Å². The van der Waals surface area contributed by atoms with Gasteiger partial charge in [-0.15, -0.1) is 0 Å². The number of hydrogen-bond donors (Lipinski definition) is 0. The van der Waals surface area contributed by atoms with Crippen molar-refractivity contribution in [1.82, 2.24) is 0 Å². The summed E-state index contributed by atoms with van der Waals surface area (Å²) >= 11 is 0. The van der Waals surface area contributed by atoms with E-state index in [9.17, 15) is 4.79 Å². The van der Waals surface area contributed by atoms with E-state index in [1.807, 2.05) is 12.1 Å². The third-order valence-corrected chi connectivity index (χ3v) is 3.63. The van der Waals surface area contributed by atoms with Crippen LogP contribution >= 0.6 is 0 Å². The molecule has 0 amide bonds. The molecule has 1 heteroatoms. The number of carbonyl (C=O) groups is 1. The predicted octanol–water partition coefficient (Wildman–Crippen LogP) is 3.81. The number of carbonyl (C=O) groups excluding carboxylic acids is 1. The first-order valence-corrected chi connectivity index (χ1v) is 6.64. The number of allylic oxidation sites excluding steroid dienone is 1. The van der Waals surface area contributed by atoms with Crippen molar-refractivity contribution in [3.05, 3.63) is 76.9 Å². The molecule has 0 unspecified atom stereocenters. The van der Waals surface area contributed by atoms with E-state index in [-0.39, 0.29) is 5.78 Å². The van der Waals surface area contributed by atoms with Crippen LogP contribution in [-0.4, -0.2) is 5.78 Å².